The molecule has 1 N–H and O–H groups in total. The predicted octanol–water partition coefficient (Wildman–Crippen LogP) is 3.23. The van der Waals surface area contributed by atoms with Crippen molar-refractivity contribution in [3.63, 3.8) is 0 Å². The van der Waals surface area contributed by atoms with Gasteiger partial charge in [0.05, 0.1) is 16.9 Å². The third kappa shape index (κ3) is 4.20. The molecule has 30 heavy (non-hydrogen) atoms. The van der Waals surface area contributed by atoms with Crippen LogP contribution >= 0.6 is 0 Å². The Bertz CT molecular complexity index is 1110. The van der Waals surface area contributed by atoms with E-state index in [-0.39, 0.29) is 11.2 Å². The van der Waals surface area contributed by atoms with Gasteiger partial charge in [0.2, 0.25) is 0 Å². The molecule has 1 atom stereocenters. The van der Waals surface area contributed by atoms with Crippen LogP contribution in [-0.2, 0) is 23.0 Å². The van der Waals surface area contributed by atoms with Gasteiger partial charge in [-0.2, -0.15) is 0 Å². The second-order valence-corrected chi connectivity index (χ2v) is 7.02. The van der Waals surface area contributed by atoms with E-state index in [9.17, 15) is 14.4 Å². The minimum Gasteiger partial charge on any atom is -0.449 e. The Morgan fingerprint density at radius 2 is 1.70 bits per heavy atom. The Morgan fingerprint density at radius 1 is 1.07 bits per heavy atom. The Balaban J connectivity index is 1.75. The van der Waals surface area contributed by atoms with Crippen LogP contribution in [0.3, 0.4) is 0 Å². The van der Waals surface area contributed by atoms with Crippen LogP contribution in [0, 0.1) is 6.92 Å². The van der Waals surface area contributed by atoms with Gasteiger partial charge in [-0.25, -0.2) is 9.48 Å². The van der Waals surface area contributed by atoms with Crippen LogP contribution in [-0.4, -0.2) is 27.3 Å². The van der Waals surface area contributed by atoms with Crippen molar-refractivity contribution in [3.8, 4) is 5.69 Å². The van der Waals surface area contributed by atoms with E-state index in [0.29, 0.717) is 16.9 Å². The third-order valence-corrected chi connectivity index (χ3v) is 5.05. The minimum absolute atomic E-state index is 0.154. The standard InChI is InChI=1S/C23H25N3O4/c1-5-17-11-13-18(14-12-17)23(29)30-16(3)21(27)24-20-15(2)25(4)26(22(20)28)19-9-7-6-8-10-19/h6-14,16H,5H2,1-4H3,(H,24,27)/t16-/m1/s1. The van der Waals surface area contributed by atoms with Crippen LogP contribution in [0.4, 0.5) is 5.69 Å². The summed E-state index contributed by atoms with van der Waals surface area (Å²) in [6, 6.07) is 16.2. The summed E-state index contributed by atoms with van der Waals surface area (Å²) in [4.78, 5) is 37.8. The van der Waals surface area contributed by atoms with Crippen LogP contribution in [0.15, 0.2) is 59.4 Å². The largest absolute Gasteiger partial charge is 0.449 e. The number of carbonyl (C=O) groups excluding carboxylic acids is 2. The first kappa shape index (κ1) is 21.1. The highest BCUT2D eigenvalue weighted by Crippen LogP contribution is 2.15. The molecule has 0 fully saturated rings. The van der Waals surface area contributed by atoms with E-state index in [2.05, 4.69) is 5.32 Å². The number of benzene rings is 2. The maximum atomic E-state index is 12.9. The normalized spacial score (nSPS) is 11.7. The van der Waals surface area contributed by atoms with Gasteiger partial charge in [-0.05, 0) is 50.1 Å². The van der Waals surface area contributed by atoms with Crippen molar-refractivity contribution >= 4 is 17.6 Å². The Hall–Kier alpha value is -3.61. The maximum Gasteiger partial charge on any atom is 0.338 e. The molecule has 1 aromatic heterocycles. The number of nitrogens with one attached hydrogen (secondary N) is 1. The van der Waals surface area contributed by atoms with Gasteiger partial charge in [-0.1, -0.05) is 37.3 Å². The Kier molecular flexibility index (Phi) is 6.20. The molecule has 3 aromatic rings. The topological polar surface area (TPSA) is 82.3 Å². The molecule has 0 unspecified atom stereocenters. The molecule has 0 spiro atoms. The Morgan fingerprint density at radius 3 is 2.30 bits per heavy atom. The van der Waals surface area contributed by atoms with Gasteiger partial charge in [-0.3, -0.25) is 14.3 Å². The highest BCUT2D eigenvalue weighted by Gasteiger charge is 2.23. The number of rotatable bonds is 6. The van der Waals surface area contributed by atoms with Gasteiger partial charge >= 0.3 is 5.97 Å². The lowest BCUT2D eigenvalue weighted by atomic mass is 10.1. The predicted molar refractivity (Wildman–Crippen MR) is 115 cm³/mol. The number of anilines is 1. The monoisotopic (exact) mass is 407 g/mol. The summed E-state index contributed by atoms with van der Waals surface area (Å²) < 4.78 is 8.41. The average molecular weight is 407 g/mol. The van der Waals surface area contributed by atoms with Gasteiger partial charge in [0.25, 0.3) is 11.5 Å². The summed E-state index contributed by atoms with van der Waals surface area (Å²) in [5.74, 6) is -1.16. The molecule has 0 aliphatic carbocycles. The zero-order valence-electron chi connectivity index (χ0n) is 17.5. The van der Waals surface area contributed by atoms with Gasteiger partial charge in [-0.15, -0.1) is 0 Å². The summed E-state index contributed by atoms with van der Waals surface area (Å²) in [5, 5.41) is 2.61. The first-order valence-electron chi connectivity index (χ1n) is 9.78. The van der Waals surface area contributed by atoms with Crippen LogP contribution in [0.25, 0.3) is 5.69 Å². The van der Waals surface area contributed by atoms with Crippen LogP contribution in [0.1, 0.15) is 35.5 Å². The average Bonchev–Trinajstić information content (AvgIpc) is 2.97. The fraction of sp³-hybridized carbons (Fsp3) is 0.261. The first-order chi connectivity index (χ1) is 14.3. The molecule has 2 aromatic carbocycles. The molecule has 156 valence electrons. The smallest absolute Gasteiger partial charge is 0.338 e. The molecule has 7 nitrogen and oxygen atoms in total. The quantitative estimate of drug-likeness (QED) is 0.636. The lowest BCUT2D eigenvalue weighted by molar-refractivity contribution is -0.123. The molecule has 0 radical (unpaired) electrons. The van der Waals surface area contributed by atoms with E-state index in [4.69, 9.17) is 4.74 Å². The van der Waals surface area contributed by atoms with E-state index < -0.39 is 18.0 Å². The van der Waals surface area contributed by atoms with E-state index >= 15 is 0 Å². The van der Waals surface area contributed by atoms with Gasteiger partial charge in [0.1, 0.15) is 5.69 Å². The summed E-state index contributed by atoms with van der Waals surface area (Å²) in [6.45, 7) is 5.24. The van der Waals surface area contributed by atoms with Crippen molar-refractivity contribution in [2.24, 2.45) is 7.05 Å². The summed E-state index contributed by atoms with van der Waals surface area (Å²) >= 11 is 0. The van der Waals surface area contributed by atoms with E-state index in [1.165, 1.54) is 11.6 Å². The fourth-order valence-corrected chi connectivity index (χ4v) is 3.10. The Labute approximate surface area is 174 Å². The van der Waals surface area contributed by atoms with E-state index in [1.807, 2.05) is 37.3 Å². The van der Waals surface area contributed by atoms with E-state index in [1.54, 1.807) is 42.9 Å². The van der Waals surface area contributed by atoms with Crippen molar-refractivity contribution in [1.29, 1.82) is 0 Å². The zero-order chi connectivity index (χ0) is 21.8. The lowest BCUT2D eigenvalue weighted by Crippen LogP contribution is -2.32. The maximum absolute atomic E-state index is 12.9. The zero-order valence-corrected chi connectivity index (χ0v) is 17.5. The first-order valence-corrected chi connectivity index (χ1v) is 9.78. The van der Waals surface area contributed by atoms with Crippen LogP contribution in [0.5, 0.6) is 0 Å². The molecule has 7 heteroatoms. The number of hydrogen-bond donors (Lipinski definition) is 1. The van der Waals surface area contributed by atoms with Crippen molar-refractivity contribution in [3.05, 3.63) is 81.8 Å². The van der Waals surface area contributed by atoms with Crippen LogP contribution in [0.2, 0.25) is 0 Å². The molecule has 0 aliphatic rings. The van der Waals surface area contributed by atoms with E-state index in [0.717, 1.165) is 12.0 Å². The highest BCUT2D eigenvalue weighted by molar-refractivity contribution is 5.97. The molecular formula is C23H25N3O4. The van der Waals surface area contributed by atoms with Gasteiger partial charge in [0.15, 0.2) is 6.10 Å². The molecular weight excluding hydrogens is 382 g/mol. The summed E-state index contributed by atoms with van der Waals surface area (Å²) in [5.41, 5.74) is 2.54. The molecule has 0 saturated carbocycles. The number of esters is 1. The van der Waals surface area contributed by atoms with Gasteiger partial charge < -0.3 is 10.1 Å². The summed E-state index contributed by atoms with van der Waals surface area (Å²) in [6.07, 6.45) is -0.196. The molecule has 0 saturated heterocycles. The third-order valence-electron chi connectivity index (χ3n) is 5.05. The number of para-hydroxylation sites is 1. The number of aromatic nitrogens is 2. The number of ether oxygens (including phenoxy) is 1. The van der Waals surface area contributed by atoms with Crippen molar-refractivity contribution < 1.29 is 14.3 Å². The minimum atomic E-state index is -1.06. The number of carbonyl (C=O) groups is 2. The molecule has 1 amide bonds. The van der Waals surface area contributed by atoms with Crippen molar-refractivity contribution in [2.45, 2.75) is 33.3 Å². The SMILES string of the molecule is CCc1ccc(C(=O)O[C@H](C)C(=O)Nc2c(C)n(C)n(-c3ccccc3)c2=O)cc1. The highest BCUT2D eigenvalue weighted by atomic mass is 16.5. The molecule has 0 aliphatic heterocycles. The molecule has 0 bridgehead atoms. The number of aryl methyl sites for hydroxylation is 1. The van der Waals surface area contributed by atoms with Crippen molar-refractivity contribution in [2.75, 3.05) is 5.32 Å². The van der Waals surface area contributed by atoms with Crippen LogP contribution < -0.4 is 10.9 Å². The number of amides is 1. The molecule has 1 heterocycles. The van der Waals surface area contributed by atoms with Gasteiger partial charge in [0, 0.05) is 7.05 Å². The molecule has 3 rings (SSSR count). The second kappa shape index (κ2) is 8.82. The number of nitrogens with zero attached hydrogens (tertiary/aromatic N) is 2. The number of hydrogen-bond acceptors (Lipinski definition) is 4. The second-order valence-electron chi connectivity index (χ2n) is 7.02. The fourth-order valence-electron chi connectivity index (χ4n) is 3.10. The summed E-state index contributed by atoms with van der Waals surface area (Å²) in [7, 11) is 1.74. The van der Waals surface area contributed by atoms with Crippen molar-refractivity contribution in [1.82, 2.24) is 9.36 Å². The lowest BCUT2D eigenvalue weighted by Gasteiger charge is -2.13.